The van der Waals surface area contributed by atoms with E-state index in [1.54, 1.807) is 13.0 Å². The molecule has 1 aromatic carbocycles. The fourth-order valence-electron chi connectivity index (χ4n) is 0.821. The van der Waals surface area contributed by atoms with E-state index < -0.39 is 5.23 Å². The molecular weight excluding hydrogens is 146 g/mol. The predicted molar refractivity (Wildman–Crippen MR) is 38.6 cm³/mol. The summed E-state index contributed by atoms with van der Waals surface area (Å²) in [4.78, 5) is 0. The van der Waals surface area contributed by atoms with Crippen LogP contribution in [0.3, 0.4) is 0 Å². The van der Waals surface area contributed by atoms with Crippen LogP contribution in [0.2, 0.25) is 0 Å². The van der Waals surface area contributed by atoms with E-state index in [-0.39, 0.29) is 11.4 Å². The summed E-state index contributed by atoms with van der Waals surface area (Å²) in [5.74, 6) is -0.192. The molecule has 0 bridgehead atoms. The summed E-state index contributed by atoms with van der Waals surface area (Å²) in [7, 11) is 0. The van der Waals surface area contributed by atoms with E-state index in [0.717, 1.165) is 5.56 Å². The van der Waals surface area contributed by atoms with E-state index in [9.17, 15) is 5.21 Å². The van der Waals surface area contributed by atoms with Crippen LogP contribution in [0.4, 0.5) is 5.69 Å². The minimum Gasteiger partial charge on any atom is -0.595 e. The maximum atomic E-state index is 10.4. The first kappa shape index (κ1) is 8.00. The lowest BCUT2D eigenvalue weighted by molar-refractivity contribution is -0.991. The molecule has 0 aliphatic heterocycles. The first-order valence-electron chi connectivity index (χ1n) is 3.14. The highest BCUT2D eigenvalue weighted by molar-refractivity contribution is 5.46. The molecule has 0 aromatic heterocycles. The Morgan fingerprint density at radius 1 is 1.45 bits per heavy atom. The van der Waals surface area contributed by atoms with Gasteiger partial charge in [-0.2, -0.15) is 5.23 Å². The first-order chi connectivity index (χ1) is 5.11. The van der Waals surface area contributed by atoms with Crippen LogP contribution in [0.15, 0.2) is 18.2 Å². The molecule has 4 nitrogen and oxygen atoms in total. The van der Waals surface area contributed by atoms with Crippen molar-refractivity contribution in [2.75, 3.05) is 0 Å². The Labute approximate surface area is 63.8 Å². The van der Waals surface area contributed by atoms with Gasteiger partial charge in [-0.3, -0.25) is 0 Å². The van der Waals surface area contributed by atoms with Crippen molar-refractivity contribution in [2.45, 2.75) is 6.92 Å². The second-order valence-electron chi connectivity index (χ2n) is 2.33. The van der Waals surface area contributed by atoms with Crippen LogP contribution in [0, 0.1) is 12.1 Å². The summed E-state index contributed by atoms with van der Waals surface area (Å²) in [6, 6.07) is 4.46. The van der Waals surface area contributed by atoms with E-state index in [4.69, 9.17) is 10.3 Å². The van der Waals surface area contributed by atoms with Gasteiger partial charge in [-0.15, -0.1) is 0 Å². The van der Waals surface area contributed by atoms with Crippen molar-refractivity contribution in [3.05, 3.63) is 29.0 Å². The number of phenolic OH excluding ortho intramolecular Hbond substituents is 1. The molecule has 1 atom stereocenters. The predicted octanol–water partition coefficient (Wildman–Crippen LogP) is 0.104. The zero-order chi connectivity index (χ0) is 8.43. The Hall–Kier alpha value is -1.10. The van der Waals surface area contributed by atoms with Crippen LogP contribution in [0.5, 0.6) is 5.75 Å². The maximum Gasteiger partial charge on any atom is 0.206 e. The van der Waals surface area contributed by atoms with E-state index in [1.807, 2.05) is 0 Å². The highest BCUT2D eigenvalue weighted by atomic mass is 16.8. The topological polar surface area (TPSA) is 68.0 Å². The summed E-state index contributed by atoms with van der Waals surface area (Å²) in [5, 5.41) is 26.9. The SMILES string of the molecule is Cc1ccc(O)c([NH+]([O-])O)c1. The molecule has 0 saturated carbocycles. The molecule has 11 heavy (non-hydrogen) atoms. The normalized spacial score (nSPS) is 13.0. The highest BCUT2D eigenvalue weighted by Crippen LogP contribution is 2.19. The monoisotopic (exact) mass is 155 g/mol. The molecule has 0 heterocycles. The molecule has 0 spiro atoms. The van der Waals surface area contributed by atoms with E-state index in [1.165, 1.54) is 12.1 Å². The van der Waals surface area contributed by atoms with Gasteiger partial charge in [0.15, 0.2) is 5.75 Å². The Morgan fingerprint density at radius 3 is 2.55 bits per heavy atom. The van der Waals surface area contributed by atoms with Crippen LogP contribution >= 0.6 is 0 Å². The molecule has 4 heteroatoms. The number of benzene rings is 1. The summed E-state index contributed by atoms with van der Waals surface area (Å²) < 4.78 is 0. The molecule has 1 aromatic rings. The molecule has 1 unspecified atom stereocenters. The zero-order valence-corrected chi connectivity index (χ0v) is 6.03. The lowest BCUT2D eigenvalue weighted by atomic mass is 10.2. The molecule has 1 rings (SSSR count). The van der Waals surface area contributed by atoms with Crippen molar-refractivity contribution in [3.8, 4) is 5.75 Å². The maximum absolute atomic E-state index is 10.4. The van der Waals surface area contributed by atoms with Crippen molar-refractivity contribution in [1.82, 2.24) is 0 Å². The second kappa shape index (κ2) is 2.87. The average Bonchev–Trinajstić information content (AvgIpc) is 1.94. The van der Waals surface area contributed by atoms with Crippen LogP contribution in [0.1, 0.15) is 5.56 Å². The lowest BCUT2D eigenvalue weighted by Crippen LogP contribution is -2.99. The van der Waals surface area contributed by atoms with Crippen LogP contribution in [-0.2, 0) is 0 Å². The number of aryl methyl sites for hydroxylation is 1. The van der Waals surface area contributed by atoms with Crippen molar-refractivity contribution in [2.24, 2.45) is 0 Å². The third-order valence-corrected chi connectivity index (χ3v) is 1.38. The summed E-state index contributed by atoms with van der Waals surface area (Å²) >= 11 is 0. The smallest absolute Gasteiger partial charge is 0.206 e. The van der Waals surface area contributed by atoms with Gasteiger partial charge in [-0.05, 0) is 18.6 Å². The van der Waals surface area contributed by atoms with Crippen molar-refractivity contribution in [1.29, 1.82) is 0 Å². The van der Waals surface area contributed by atoms with Gasteiger partial charge in [-0.25, -0.2) is 5.21 Å². The number of phenols is 1. The van der Waals surface area contributed by atoms with Gasteiger partial charge in [0.05, 0.1) is 0 Å². The van der Waals surface area contributed by atoms with Gasteiger partial charge in [0, 0.05) is 6.07 Å². The van der Waals surface area contributed by atoms with Crippen LogP contribution in [0.25, 0.3) is 0 Å². The van der Waals surface area contributed by atoms with E-state index in [0.29, 0.717) is 0 Å². The number of quaternary nitrogens is 1. The first-order valence-corrected chi connectivity index (χ1v) is 3.14. The largest absolute Gasteiger partial charge is 0.595 e. The Kier molecular flexibility index (Phi) is 2.09. The van der Waals surface area contributed by atoms with Gasteiger partial charge >= 0.3 is 0 Å². The minimum atomic E-state index is -1.11. The number of nitrogens with one attached hydrogen (secondary N) is 1. The van der Waals surface area contributed by atoms with Crippen molar-refractivity contribution < 1.29 is 15.5 Å². The standard InChI is InChI=1S/C7H9NO3/c1-5-2-3-7(9)6(4-5)8(10)11/h2-4,8-10H,1H3. The molecular formula is C7H9NO3. The summed E-state index contributed by atoms with van der Waals surface area (Å²) in [6.07, 6.45) is 0. The molecule has 0 saturated heterocycles. The minimum absolute atomic E-state index is 0.0509. The molecule has 3 N–H and O–H groups in total. The average molecular weight is 155 g/mol. The zero-order valence-electron chi connectivity index (χ0n) is 6.03. The summed E-state index contributed by atoms with van der Waals surface area (Å²) in [6.45, 7) is 1.77. The van der Waals surface area contributed by atoms with Gasteiger partial charge in [-0.1, -0.05) is 6.07 Å². The molecule has 0 aliphatic carbocycles. The number of hydrogen-bond acceptors (Lipinski definition) is 3. The quantitative estimate of drug-likeness (QED) is 0.398. The fraction of sp³-hybridized carbons (Fsp3) is 0.143. The second-order valence-corrected chi connectivity index (χ2v) is 2.33. The third-order valence-electron chi connectivity index (χ3n) is 1.38. The number of rotatable bonds is 1. The number of hydrogen-bond donors (Lipinski definition) is 3. The number of aromatic hydroxyl groups is 1. The Morgan fingerprint density at radius 2 is 2.09 bits per heavy atom. The fourth-order valence-corrected chi connectivity index (χ4v) is 0.821. The van der Waals surface area contributed by atoms with Gasteiger partial charge in [0.2, 0.25) is 5.69 Å². The van der Waals surface area contributed by atoms with Gasteiger partial charge in [0.1, 0.15) is 0 Å². The summed E-state index contributed by atoms with van der Waals surface area (Å²) in [5.41, 5.74) is 0.769. The molecule has 0 radical (unpaired) electrons. The molecule has 0 aliphatic rings. The van der Waals surface area contributed by atoms with Gasteiger partial charge < -0.3 is 10.3 Å². The van der Waals surface area contributed by atoms with Gasteiger partial charge in [0.25, 0.3) is 0 Å². The highest BCUT2D eigenvalue weighted by Gasteiger charge is 2.06. The van der Waals surface area contributed by atoms with E-state index >= 15 is 0 Å². The molecule has 0 fully saturated rings. The molecule has 60 valence electrons. The molecule has 0 amide bonds. The van der Waals surface area contributed by atoms with Crippen LogP contribution in [-0.4, -0.2) is 10.3 Å². The lowest BCUT2D eigenvalue weighted by Gasteiger charge is -2.12. The Balaban J connectivity index is 3.13. The van der Waals surface area contributed by atoms with Crippen LogP contribution < -0.4 is 5.23 Å². The third kappa shape index (κ3) is 1.68. The van der Waals surface area contributed by atoms with E-state index in [2.05, 4.69) is 0 Å². The van der Waals surface area contributed by atoms with Crippen molar-refractivity contribution >= 4 is 5.69 Å². The Bertz CT molecular complexity index is 260. The van der Waals surface area contributed by atoms with Crippen molar-refractivity contribution in [3.63, 3.8) is 0 Å².